The Labute approximate surface area is 198 Å². The van der Waals surface area contributed by atoms with E-state index in [4.69, 9.17) is 43.4 Å². The van der Waals surface area contributed by atoms with E-state index in [1.165, 1.54) is 0 Å². The lowest BCUT2D eigenvalue weighted by atomic mass is 10.4. The Morgan fingerprint density at radius 1 is 0.394 bits per heavy atom. The Bertz CT molecular complexity index is 497. The molecule has 0 aliphatic rings. The molecule has 0 saturated heterocycles. The smallest absolute Gasteiger partial charge is 0.232 e. The molecule has 1 aromatic heterocycles. The Hall–Kier alpha value is -1.83. The zero-order valence-corrected chi connectivity index (χ0v) is 21.1. The molecule has 192 valence electrons. The van der Waals surface area contributed by atoms with Gasteiger partial charge >= 0.3 is 0 Å². The fourth-order valence-electron chi connectivity index (χ4n) is 2.91. The summed E-state index contributed by atoms with van der Waals surface area (Å²) in [5, 5.41) is 0. The zero-order chi connectivity index (χ0) is 24.3. The molecule has 0 aliphatic carbocycles. The number of rotatable bonds is 21. The second-order valence-electron chi connectivity index (χ2n) is 7.15. The number of nitrogens with zero attached hydrogens (tertiary/aromatic N) is 6. The van der Waals surface area contributed by atoms with Gasteiger partial charge in [0, 0.05) is 81.9 Å². The fourth-order valence-corrected chi connectivity index (χ4v) is 2.91. The monoisotopic (exact) mass is 474 g/mol. The normalized spacial score (nSPS) is 11.1. The van der Waals surface area contributed by atoms with Crippen molar-refractivity contribution in [3.8, 4) is 0 Å². The number of aromatic nitrogens is 3. The molecule has 0 aromatic carbocycles. The van der Waals surface area contributed by atoms with E-state index in [1.54, 1.807) is 42.7 Å². The minimum Gasteiger partial charge on any atom is -0.383 e. The van der Waals surface area contributed by atoms with Crippen LogP contribution in [0.15, 0.2) is 0 Å². The minimum absolute atomic E-state index is 0.536. The van der Waals surface area contributed by atoms with Crippen molar-refractivity contribution >= 4 is 17.8 Å². The Kier molecular flexibility index (Phi) is 16.4. The van der Waals surface area contributed by atoms with Gasteiger partial charge in [0.05, 0.1) is 39.6 Å². The predicted octanol–water partition coefficient (Wildman–Crippen LogP) is 0.169. The van der Waals surface area contributed by atoms with Crippen LogP contribution >= 0.6 is 0 Å². The van der Waals surface area contributed by atoms with Gasteiger partial charge in [0.25, 0.3) is 0 Å². The maximum Gasteiger partial charge on any atom is 0.232 e. The van der Waals surface area contributed by atoms with Gasteiger partial charge < -0.3 is 43.1 Å². The maximum absolute atomic E-state index is 5.30. The summed E-state index contributed by atoms with van der Waals surface area (Å²) >= 11 is 0. The SMILES string of the molecule is COCCN(CCOC)c1nc(N(CCOC)CCOC)nc(N(CCOC)CCOC)n1. The van der Waals surface area contributed by atoms with Gasteiger partial charge in [0.2, 0.25) is 17.8 Å². The molecule has 33 heavy (non-hydrogen) atoms. The third-order valence-electron chi connectivity index (χ3n) is 4.84. The molecule has 0 bridgehead atoms. The second-order valence-corrected chi connectivity index (χ2v) is 7.15. The number of ether oxygens (including phenoxy) is 6. The summed E-state index contributed by atoms with van der Waals surface area (Å²) in [6.07, 6.45) is 0. The molecule has 12 nitrogen and oxygen atoms in total. The lowest BCUT2D eigenvalue weighted by Crippen LogP contribution is -2.38. The quantitative estimate of drug-likeness (QED) is 0.243. The van der Waals surface area contributed by atoms with Crippen LogP contribution in [-0.4, -0.2) is 137 Å². The molecule has 1 heterocycles. The number of hydrogen-bond acceptors (Lipinski definition) is 12. The van der Waals surface area contributed by atoms with Gasteiger partial charge in [-0.3, -0.25) is 0 Å². The van der Waals surface area contributed by atoms with Crippen molar-refractivity contribution in [3.05, 3.63) is 0 Å². The lowest BCUT2D eigenvalue weighted by Gasteiger charge is -2.29. The summed E-state index contributed by atoms with van der Waals surface area (Å²) in [6.45, 7) is 6.94. The first-order chi connectivity index (χ1) is 16.1. The van der Waals surface area contributed by atoms with Crippen LogP contribution in [0, 0.1) is 0 Å². The standard InChI is InChI=1S/C21H42N6O6/c1-28-13-7-25(8-14-29-2)19-22-20(26(9-15-30-3)10-16-31-4)24-21(23-19)27(11-17-32-5)12-18-33-6/h7-18H2,1-6H3. The van der Waals surface area contributed by atoms with E-state index in [0.29, 0.717) is 96.8 Å². The average Bonchev–Trinajstić information content (AvgIpc) is 2.84. The molecule has 0 fully saturated rings. The molecule has 0 aliphatic heterocycles. The van der Waals surface area contributed by atoms with Crippen LogP contribution in [0.3, 0.4) is 0 Å². The van der Waals surface area contributed by atoms with Crippen molar-refractivity contribution in [2.45, 2.75) is 0 Å². The first-order valence-electron chi connectivity index (χ1n) is 11.1. The zero-order valence-electron chi connectivity index (χ0n) is 21.1. The van der Waals surface area contributed by atoms with Gasteiger partial charge in [-0.1, -0.05) is 0 Å². The average molecular weight is 475 g/mol. The highest BCUT2D eigenvalue weighted by Crippen LogP contribution is 2.19. The molecule has 0 N–H and O–H groups in total. The van der Waals surface area contributed by atoms with Gasteiger partial charge in [-0.2, -0.15) is 15.0 Å². The molecule has 12 heteroatoms. The van der Waals surface area contributed by atoms with Crippen LogP contribution in [-0.2, 0) is 28.4 Å². The van der Waals surface area contributed by atoms with Crippen molar-refractivity contribution in [2.75, 3.05) is 136 Å². The molecule has 0 amide bonds. The van der Waals surface area contributed by atoms with Crippen molar-refractivity contribution in [1.82, 2.24) is 15.0 Å². The van der Waals surface area contributed by atoms with Crippen LogP contribution in [0.1, 0.15) is 0 Å². The Morgan fingerprint density at radius 2 is 0.576 bits per heavy atom. The molecular weight excluding hydrogens is 432 g/mol. The van der Waals surface area contributed by atoms with Gasteiger partial charge in [0.15, 0.2) is 0 Å². The fraction of sp³-hybridized carbons (Fsp3) is 0.857. The molecule has 0 unspecified atom stereocenters. The molecule has 0 spiro atoms. The predicted molar refractivity (Wildman–Crippen MR) is 128 cm³/mol. The number of hydrogen-bond donors (Lipinski definition) is 0. The van der Waals surface area contributed by atoms with Gasteiger partial charge in [-0.25, -0.2) is 0 Å². The number of anilines is 3. The van der Waals surface area contributed by atoms with E-state index in [-0.39, 0.29) is 0 Å². The van der Waals surface area contributed by atoms with Crippen molar-refractivity contribution in [3.63, 3.8) is 0 Å². The summed E-state index contributed by atoms with van der Waals surface area (Å²) in [7, 11) is 10.0. The van der Waals surface area contributed by atoms with E-state index in [2.05, 4.69) is 0 Å². The van der Waals surface area contributed by atoms with Crippen LogP contribution < -0.4 is 14.7 Å². The molecule has 0 saturated carbocycles. The molecule has 1 aromatic rings. The number of methoxy groups -OCH3 is 6. The second kappa shape index (κ2) is 18.6. The highest BCUT2D eigenvalue weighted by Gasteiger charge is 2.20. The highest BCUT2D eigenvalue weighted by molar-refractivity contribution is 5.47. The summed E-state index contributed by atoms with van der Waals surface area (Å²) < 4.78 is 31.8. The molecule has 1 rings (SSSR count). The summed E-state index contributed by atoms with van der Waals surface area (Å²) in [4.78, 5) is 20.5. The minimum atomic E-state index is 0.536. The van der Waals surface area contributed by atoms with E-state index in [0.717, 1.165) is 0 Å². The molecule has 0 atom stereocenters. The molecular formula is C21H42N6O6. The van der Waals surface area contributed by atoms with Gasteiger partial charge in [-0.15, -0.1) is 0 Å². The van der Waals surface area contributed by atoms with Crippen LogP contribution in [0.2, 0.25) is 0 Å². The maximum atomic E-state index is 5.30. The highest BCUT2D eigenvalue weighted by atomic mass is 16.5. The lowest BCUT2D eigenvalue weighted by molar-refractivity contribution is 0.188. The van der Waals surface area contributed by atoms with E-state index >= 15 is 0 Å². The van der Waals surface area contributed by atoms with E-state index < -0.39 is 0 Å². The summed E-state index contributed by atoms with van der Waals surface area (Å²) in [6, 6.07) is 0. The first-order valence-corrected chi connectivity index (χ1v) is 11.1. The van der Waals surface area contributed by atoms with Crippen molar-refractivity contribution in [2.24, 2.45) is 0 Å². The largest absolute Gasteiger partial charge is 0.383 e. The third-order valence-corrected chi connectivity index (χ3v) is 4.84. The summed E-state index contributed by atoms with van der Waals surface area (Å²) in [5.74, 6) is 1.68. The van der Waals surface area contributed by atoms with Crippen molar-refractivity contribution < 1.29 is 28.4 Å². The third kappa shape index (κ3) is 11.2. The Balaban J connectivity index is 3.43. The van der Waals surface area contributed by atoms with Gasteiger partial charge in [-0.05, 0) is 0 Å². The van der Waals surface area contributed by atoms with E-state index in [1.807, 2.05) is 14.7 Å². The van der Waals surface area contributed by atoms with Crippen molar-refractivity contribution in [1.29, 1.82) is 0 Å². The topological polar surface area (TPSA) is 104 Å². The van der Waals surface area contributed by atoms with Gasteiger partial charge in [0.1, 0.15) is 0 Å². The first kappa shape index (κ1) is 29.2. The summed E-state index contributed by atoms with van der Waals surface area (Å²) in [5.41, 5.74) is 0. The van der Waals surface area contributed by atoms with Crippen LogP contribution in [0.25, 0.3) is 0 Å². The molecule has 0 radical (unpaired) electrons. The van der Waals surface area contributed by atoms with Crippen LogP contribution in [0.5, 0.6) is 0 Å². The van der Waals surface area contributed by atoms with E-state index in [9.17, 15) is 0 Å². The van der Waals surface area contributed by atoms with Crippen LogP contribution in [0.4, 0.5) is 17.8 Å². The Morgan fingerprint density at radius 3 is 0.727 bits per heavy atom.